The quantitative estimate of drug-likeness (QED) is 0.493. The molecular formula is C12H15ClN4O4. The van der Waals surface area contributed by atoms with E-state index in [1.54, 1.807) is 20.8 Å². The van der Waals surface area contributed by atoms with Crippen molar-refractivity contribution in [2.24, 2.45) is 0 Å². The molecule has 0 unspecified atom stereocenters. The van der Waals surface area contributed by atoms with Gasteiger partial charge in [-0.1, -0.05) is 11.6 Å². The Kier molecular flexibility index (Phi) is 5.20. The van der Waals surface area contributed by atoms with E-state index in [2.05, 4.69) is 15.6 Å². The van der Waals surface area contributed by atoms with E-state index in [4.69, 9.17) is 11.6 Å². The lowest BCUT2D eigenvalue weighted by atomic mass is 10.1. The van der Waals surface area contributed by atoms with Crippen molar-refractivity contribution in [1.29, 1.82) is 0 Å². The van der Waals surface area contributed by atoms with E-state index in [1.165, 1.54) is 0 Å². The maximum absolute atomic E-state index is 11.9. The average molecular weight is 315 g/mol. The van der Waals surface area contributed by atoms with Crippen LogP contribution in [0.3, 0.4) is 0 Å². The lowest BCUT2D eigenvalue weighted by Crippen LogP contribution is -2.45. The van der Waals surface area contributed by atoms with E-state index in [1.807, 2.05) is 0 Å². The van der Waals surface area contributed by atoms with E-state index < -0.39 is 28.0 Å². The second kappa shape index (κ2) is 6.49. The number of aromatic nitrogens is 1. The number of hydrogen-bond acceptors (Lipinski definition) is 5. The van der Waals surface area contributed by atoms with Crippen molar-refractivity contribution in [2.45, 2.75) is 26.3 Å². The van der Waals surface area contributed by atoms with Gasteiger partial charge in [0.15, 0.2) is 0 Å². The first kappa shape index (κ1) is 16.8. The molecule has 2 amide bonds. The molecule has 21 heavy (non-hydrogen) atoms. The minimum Gasteiger partial charge on any atom is -0.350 e. The topological polar surface area (TPSA) is 114 Å². The van der Waals surface area contributed by atoms with Crippen LogP contribution in [0.5, 0.6) is 0 Å². The first-order chi connectivity index (χ1) is 9.60. The summed E-state index contributed by atoms with van der Waals surface area (Å²) in [5.41, 5.74) is -1.16. The molecule has 0 atom stereocenters. The summed E-state index contributed by atoms with van der Waals surface area (Å²) in [6.45, 7) is 5.08. The number of carbonyl (C=O) groups excluding carboxylic acids is 2. The molecule has 0 aromatic carbocycles. The lowest BCUT2D eigenvalue weighted by Gasteiger charge is -2.20. The molecule has 0 saturated carbocycles. The van der Waals surface area contributed by atoms with Crippen molar-refractivity contribution in [3.05, 3.63) is 33.1 Å². The van der Waals surface area contributed by atoms with Crippen molar-refractivity contribution in [1.82, 2.24) is 15.6 Å². The normalized spacial score (nSPS) is 10.9. The Labute approximate surface area is 126 Å². The average Bonchev–Trinajstić information content (AvgIpc) is 2.33. The van der Waals surface area contributed by atoms with Crippen LogP contribution in [0.25, 0.3) is 0 Å². The van der Waals surface area contributed by atoms with Crippen LogP contribution in [0.4, 0.5) is 5.69 Å². The minimum atomic E-state index is -0.768. The van der Waals surface area contributed by atoms with Crippen LogP contribution in [0.2, 0.25) is 5.15 Å². The molecule has 1 rings (SSSR count). The Morgan fingerprint density at radius 1 is 1.43 bits per heavy atom. The van der Waals surface area contributed by atoms with E-state index in [-0.39, 0.29) is 17.3 Å². The summed E-state index contributed by atoms with van der Waals surface area (Å²) in [4.78, 5) is 37.1. The number of carbonyl (C=O) groups is 2. The third-order valence-electron chi connectivity index (χ3n) is 2.21. The maximum atomic E-state index is 11.9. The summed E-state index contributed by atoms with van der Waals surface area (Å²) in [6.07, 6.45) is 0.895. The van der Waals surface area contributed by atoms with Gasteiger partial charge in [0.1, 0.15) is 16.9 Å². The molecule has 0 fully saturated rings. The summed E-state index contributed by atoms with van der Waals surface area (Å²) in [7, 11) is 0. The van der Waals surface area contributed by atoms with E-state index in [0.29, 0.717) is 0 Å². The van der Waals surface area contributed by atoms with Gasteiger partial charge in [-0.2, -0.15) is 0 Å². The zero-order chi connectivity index (χ0) is 16.2. The molecule has 0 radical (unpaired) electrons. The van der Waals surface area contributed by atoms with Gasteiger partial charge in [-0.25, -0.2) is 4.98 Å². The fourth-order valence-electron chi connectivity index (χ4n) is 1.47. The number of pyridine rings is 1. The monoisotopic (exact) mass is 314 g/mol. The zero-order valence-electron chi connectivity index (χ0n) is 11.8. The largest absolute Gasteiger partial charge is 0.350 e. The molecule has 1 aromatic heterocycles. The number of hydrogen-bond donors (Lipinski definition) is 2. The number of nitro groups is 1. The number of amides is 2. The SMILES string of the molecule is CC(C)(C)NC(=O)CNC(=O)c1cc(Cl)ncc1[N+](=O)[O-]. The summed E-state index contributed by atoms with van der Waals surface area (Å²) in [6, 6.07) is 1.08. The van der Waals surface area contributed by atoms with Gasteiger partial charge in [0.05, 0.1) is 11.5 Å². The molecule has 0 aliphatic rings. The van der Waals surface area contributed by atoms with Gasteiger partial charge >= 0.3 is 0 Å². The Hall–Kier alpha value is -2.22. The van der Waals surface area contributed by atoms with E-state index >= 15 is 0 Å². The minimum absolute atomic E-state index is 0.0510. The van der Waals surface area contributed by atoms with Crippen LogP contribution in [0.15, 0.2) is 12.3 Å². The smallest absolute Gasteiger partial charge is 0.300 e. The van der Waals surface area contributed by atoms with Crippen LogP contribution in [-0.4, -0.2) is 33.8 Å². The van der Waals surface area contributed by atoms with Gasteiger partial charge in [-0.05, 0) is 26.8 Å². The maximum Gasteiger partial charge on any atom is 0.300 e. The predicted octanol–water partition coefficient (Wildman–Crippen LogP) is 1.29. The standard InChI is InChI=1S/C12H15ClN4O4/c1-12(2,3)16-10(18)6-15-11(19)7-4-9(13)14-5-8(7)17(20)21/h4-5H,6H2,1-3H3,(H,15,19)(H,16,18). The third-order valence-corrected chi connectivity index (χ3v) is 2.42. The molecular weight excluding hydrogens is 300 g/mol. The molecule has 0 spiro atoms. The summed E-state index contributed by atoms with van der Waals surface area (Å²) >= 11 is 5.62. The summed E-state index contributed by atoms with van der Waals surface area (Å²) in [5, 5.41) is 15.7. The first-order valence-electron chi connectivity index (χ1n) is 5.99. The van der Waals surface area contributed by atoms with Crippen molar-refractivity contribution < 1.29 is 14.5 Å². The molecule has 1 heterocycles. The second-order valence-corrected chi connectivity index (χ2v) is 5.65. The van der Waals surface area contributed by atoms with Gasteiger partial charge in [0.25, 0.3) is 11.6 Å². The molecule has 0 bridgehead atoms. The van der Waals surface area contributed by atoms with Gasteiger partial charge in [-0.3, -0.25) is 19.7 Å². The highest BCUT2D eigenvalue weighted by atomic mass is 35.5. The van der Waals surface area contributed by atoms with Gasteiger partial charge in [-0.15, -0.1) is 0 Å². The van der Waals surface area contributed by atoms with Crippen LogP contribution in [0.1, 0.15) is 31.1 Å². The molecule has 2 N–H and O–H groups in total. The molecule has 0 aliphatic carbocycles. The first-order valence-corrected chi connectivity index (χ1v) is 6.37. The van der Waals surface area contributed by atoms with E-state index in [9.17, 15) is 19.7 Å². The van der Waals surface area contributed by atoms with Gasteiger partial charge in [0, 0.05) is 5.54 Å². The number of halogens is 1. The highest BCUT2D eigenvalue weighted by Gasteiger charge is 2.22. The van der Waals surface area contributed by atoms with Crippen LogP contribution in [-0.2, 0) is 4.79 Å². The Balaban J connectivity index is 2.79. The van der Waals surface area contributed by atoms with Crippen molar-refractivity contribution >= 4 is 29.1 Å². The molecule has 0 aliphatic heterocycles. The van der Waals surface area contributed by atoms with E-state index in [0.717, 1.165) is 12.3 Å². The zero-order valence-corrected chi connectivity index (χ0v) is 12.5. The van der Waals surface area contributed by atoms with Crippen molar-refractivity contribution in [2.75, 3.05) is 6.54 Å². The van der Waals surface area contributed by atoms with Crippen LogP contribution < -0.4 is 10.6 Å². The fourth-order valence-corrected chi connectivity index (χ4v) is 1.63. The molecule has 8 nitrogen and oxygen atoms in total. The Morgan fingerprint density at radius 3 is 2.57 bits per heavy atom. The molecule has 0 saturated heterocycles. The summed E-state index contributed by atoms with van der Waals surface area (Å²) < 4.78 is 0. The highest BCUT2D eigenvalue weighted by molar-refractivity contribution is 6.29. The highest BCUT2D eigenvalue weighted by Crippen LogP contribution is 2.20. The van der Waals surface area contributed by atoms with Crippen molar-refractivity contribution in [3.63, 3.8) is 0 Å². The molecule has 9 heteroatoms. The molecule has 114 valence electrons. The van der Waals surface area contributed by atoms with Crippen molar-refractivity contribution in [3.8, 4) is 0 Å². The predicted molar refractivity (Wildman–Crippen MR) is 76.1 cm³/mol. The molecule has 1 aromatic rings. The van der Waals surface area contributed by atoms with Gasteiger partial charge < -0.3 is 10.6 Å². The number of nitrogens with one attached hydrogen (secondary N) is 2. The number of rotatable bonds is 4. The number of nitrogens with zero attached hydrogens (tertiary/aromatic N) is 2. The Morgan fingerprint density at radius 2 is 2.05 bits per heavy atom. The summed E-state index contributed by atoms with van der Waals surface area (Å²) in [5.74, 6) is -1.17. The van der Waals surface area contributed by atoms with Crippen LogP contribution >= 0.6 is 11.6 Å². The Bertz CT molecular complexity index is 583. The lowest BCUT2D eigenvalue weighted by molar-refractivity contribution is -0.385. The third kappa shape index (κ3) is 5.35. The van der Waals surface area contributed by atoms with Crippen LogP contribution in [0, 0.1) is 10.1 Å². The second-order valence-electron chi connectivity index (χ2n) is 5.26. The van der Waals surface area contributed by atoms with Gasteiger partial charge in [0.2, 0.25) is 5.91 Å². The fraction of sp³-hybridized carbons (Fsp3) is 0.417.